The maximum Gasteiger partial charge on any atom is 0.260 e. The van der Waals surface area contributed by atoms with E-state index in [1.165, 1.54) is 0 Å². The smallest absolute Gasteiger partial charge is 0.260 e. The molecule has 0 radical (unpaired) electrons. The third kappa shape index (κ3) is 4.33. The summed E-state index contributed by atoms with van der Waals surface area (Å²) in [6.45, 7) is 2.95. The van der Waals surface area contributed by atoms with E-state index in [9.17, 15) is 10.1 Å². The second kappa shape index (κ2) is 6.96. The Hall–Kier alpha value is -1.62. The SMILES string of the molecule is CCN(Cc1ccc(Cl)cc1)C(C[N+](=O)[O-])=NC. The van der Waals surface area contributed by atoms with E-state index < -0.39 is 0 Å². The van der Waals surface area contributed by atoms with Gasteiger partial charge in [-0.05, 0) is 24.6 Å². The molecule has 0 fully saturated rings. The lowest BCUT2D eigenvalue weighted by Crippen LogP contribution is -2.35. The molecule has 0 bridgehead atoms. The molecule has 0 aliphatic carbocycles. The number of nitro groups is 1. The second-order valence-corrected chi connectivity index (χ2v) is 4.21. The highest BCUT2D eigenvalue weighted by atomic mass is 35.5. The van der Waals surface area contributed by atoms with Gasteiger partial charge in [0.15, 0.2) is 5.84 Å². The van der Waals surface area contributed by atoms with Crippen molar-refractivity contribution in [1.82, 2.24) is 4.90 Å². The number of hydrogen-bond acceptors (Lipinski definition) is 3. The van der Waals surface area contributed by atoms with E-state index in [4.69, 9.17) is 11.6 Å². The summed E-state index contributed by atoms with van der Waals surface area (Å²) in [7, 11) is 1.57. The minimum Gasteiger partial charge on any atom is -0.351 e. The number of benzene rings is 1. The summed E-state index contributed by atoms with van der Waals surface area (Å²) >= 11 is 5.81. The van der Waals surface area contributed by atoms with Gasteiger partial charge < -0.3 is 4.90 Å². The number of hydrogen-bond donors (Lipinski definition) is 0. The van der Waals surface area contributed by atoms with Crippen LogP contribution in [0.25, 0.3) is 0 Å². The molecule has 18 heavy (non-hydrogen) atoms. The zero-order chi connectivity index (χ0) is 13.5. The molecule has 1 rings (SSSR count). The average molecular weight is 270 g/mol. The van der Waals surface area contributed by atoms with Gasteiger partial charge in [0, 0.05) is 30.1 Å². The highest BCUT2D eigenvalue weighted by molar-refractivity contribution is 6.30. The normalized spacial score (nSPS) is 11.4. The Bertz CT molecular complexity index is 431. The molecule has 1 aromatic carbocycles. The number of aliphatic imine (C=N–C) groups is 1. The van der Waals surface area contributed by atoms with Crippen molar-refractivity contribution in [3.63, 3.8) is 0 Å². The van der Waals surface area contributed by atoms with Crippen LogP contribution in [0.3, 0.4) is 0 Å². The van der Waals surface area contributed by atoms with Gasteiger partial charge in [0.05, 0.1) is 0 Å². The Morgan fingerprint density at radius 3 is 2.50 bits per heavy atom. The topological polar surface area (TPSA) is 58.7 Å². The first-order valence-electron chi connectivity index (χ1n) is 5.63. The van der Waals surface area contributed by atoms with Gasteiger partial charge in [-0.1, -0.05) is 23.7 Å². The van der Waals surface area contributed by atoms with Crippen LogP contribution in [0.15, 0.2) is 29.3 Å². The molecule has 0 saturated carbocycles. The molecule has 0 aliphatic rings. The first-order valence-corrected chi connectivity index (χ1v) is 6.01. The minimum atomic E-state index is -0.368. The Kier molecular flexibility index (Phi) is 5.58. The number of nitrogens with zero attached hydrogens (tertiary/aromatic N) is 3. The van der Waals surface area contributed by atoms with Crippen molar-refractivity contribution in [3.05, 3.63) is 45.0 Å². The van der Waals surface area contributed by atoms with Gasteiger partial charge in [-0.15, -0.1) is 0 Å². The average Bonchev–Trinajstić information content (AvgIpc) is 2.35. The number of amidine groups is 1. The van der Waals surface area contributed by atoms with Crippen LogP contribution in [0.1, 0.15) is 12.5 Å². The Morgan fingerprint density at radius 1 is 1.44 bits per heavy atom. The number of rotatable bonds is 5. The summed E-state index contributed by atoms with van der Waals surface area (Å²) in [5.41, 5.74) is 1.05. The molecule has 0 aromatic heterocycles. The molecule has 0 saturated heterocycles. The molecule has 0 spiro atoms. The first-order chi connectivity index (χ1) is 8.56. The highest BCUT2D eigenvalue weighted by Crippen LogP contribution is 2.11. The fourth-order valence-electron chi connectivity index (χ4n) is 1.62. The summed E-state index contributed by atoms with van der Waals surface area (Å²) in [4.78, 5) is 16.1. The summed E-state index contributed by atoms with van der Waals surface area (Å²) in [5.74, 6) is 0.484. The maximum absolute atomic E-state index is 10.6. The Morgan fingerprint density at radius 2 is 2.06 bits per heavy atom. The molecule has 0 unspecified atom stereocenters. The third-order valence-corrected chi connectivity index (χ3v) is 2.81. The fraction of sp³-hybridized carbons (Fsp3) is 0.417. The van der Waals surface area contributed by atoms with Gasteiger partial charge in [-0.3, -0.25) is 15.1 Å². The van der Waals surface area contributed by atoms with Gasteiger partial charge in [-0.2, -0.15) is 0 Å². The largest absolute Gasteiger partial charge is 0.351 e. The quantitative estimate of drug-likeness (QED) is 0.357. The summed E-state index contributed by atoms with van der Waals surface area (Å²) in [6.07, 6.45) is 0. The van der Waals surface area contributed by atoms with Crippen molar-refractivity contribution in [3.8, 4) is 0 Å². The summed E-state index contributed by atoms with van der Waals surface area (Å²) < 4.78 is 0. The van der Waals surface area contributed by atoms with Gasteiger partial charge in [0.2, 0.25) is 0 Å². The molecule has 0 N–H and O–H groups in total. The molecule has 5 nitrogen and oxygen atoms in total. The molecule has 0 heterocycles. The van der Waals surface area contributed by atoms with E-state index in [2.05, 4.69) is 4.99 Å². The van der Waals surface area contributed by atoms with E-state index in [1.54, 1.807) is 19.2 Å². The van der Waals surface area contributed by atoms with Crippen molar-refractivity contribution < 1.29 is 4.92 Å². The van der Waals surface area contributed by atoms with E-state index in [-0.39, 0.29) is 11.5 Å². The predicted molar refractivity (Wildman–Crippen MR) is 72.8 cm³/mol. The monoisotopic (exact) mass is 269 g/mol. The maximum atomic E-state index is 10.6. The fourth-order valence-corrected chi connectivity index (χ4v) is 1.75. The van der Waals surface area contributed by atoms with Crippen molar-refractivity contribution in [2.45, 2.75) is 13.5 Å². The van der Waals surface area contributed by atoms with Crippen LogP contribution in [-0.4, -0.2) is 35.8 Å². The predicted octanol–water partition coefficient (Wildman–Crippen LogP) is 2.47. The molecule has 0 atom stereocenters. The van der Waals surface area contributed by atoms with E-state index in [0.29, 0.717) is 23.9 Å². The molecule has 1 aromatic rings. The minimum absolute atomic E-state index is 0.252. The van der Waals surface area contributed by atoms with Crippen LogP contribution in [0.5, 0.6) is 0 Å². The van der Waals surface area contributed by atoms with Gasteiger partial charge >= 0.3 is 0 Å². The Labute approximate surface area is 111 Å². The first kappa shape index (κ1) is 14.4. The van der Waals surface area contributed by atoms with Crippen LogP contribution in [-0.2, 0) is 6.54 Å². The van der Waals surface area contributed by atoms with Crippen molar-refractivity contribution in [1.29, 1.82) is 0 Å². The Balaban J connectivity index is 2.77. The number of halogens is 1. The van der Waals surface area contributed by atoms with Gasteiger partial charge in [-0.25, -0.2) is 0 Å². The van der Waals surface area contributed by atoms with E-state index in [1.807, 2.05) is 24.0 Å². The summed E-state index contributed by atoms with van der Waals surface area (Å²) in [6, 6.07) is 7.43. The third-order valence-electron chi connectivity index (χ3n) is 2.56. The molecular formula is C12H16ClN3O2. The zero-order valence-electron chi connectivity index (χ0n) is 10.5. The molecule has 0 amide bonds. The van der Waals surface area contributed by atoms with Gasteiger partial charge in [0.1, 0.15) is 0 Å². The summed E-state index contributed by atoms with van der Waals surface area (Å²) in [5, 5.41) is 11.2. The highest BCUT2D eigenvalue weighted by Gasteiger charge is 2.14. The van der Waals surface area contributed by atoms with Gasteiger partial charge in [0.25, 0.3) is 6.54 Å². The lowest BCUT2D eigenvalue weighted by atomic mass is 10.2. The van der Waals surface area contributed by atoms with Crippen molar-refractivity contribution >= 4 is 17.4 Å². The lowest BCUT2D eigenvalue weighted by molar-refractivity contribution is -0.464. The lowest BCUT2D eigenvalue weighted by Gasteiger charge is -2.22. The van der Waals surface area contributed by atoms with Crippen molar-refractivity contribution in [2.24, 2.45) is 4.99 Å². The zero-order valence-corrected chi connectivity index (χ0v) is 11.2. The second-order valence-electron chi connectivity index (χ2n) is 3.77. The van der Waals surface area contributed by atoms with E-state index >= 15 is 0 Å². The molecular weight excluding hydrogens is 254 g/mol. The molecule has 6 heteroatoms. The van der Waals surface area contributed by atoms with Crippen LogP contribution >= 0.6 is 11.6 Å². The van der Waals surface area contributed by atoms with Crippen LogP contribution in [0.2, 0.25) is 5.02 Å². The van der Waals surface area contributed by atoms with Crippen LogP contribution in [0, 0.1) is 10.1 Å². The van der Waals surface area contributed by atoms with Crippen molar-refractivity contribution in [2.75, 3.05) is 20.1 Å². The van der Waals surface area contributed by atoms with Crippen LogP contribution in [0.4, 0.5) is 0 Å². The van der Waals surface area contributed by atoms with Crippen LogP contribution < -0.4 is 0 Å². The van der Waals surface area contributed by atoms with E-state index in [0.717, 1.165) is 5.56 Å². The molecule has 98 valence electrons. The molecule has 0 aliphatic heterocycles. The number of likely N-dealkylation sites (N-methyl/N-ethyl adjacent to an activating group) is 1. The standard InChI is InChI=1S/C12H16ClN3O2/c1-3-15(12(14-2)9-16(17)18)8-10-4-6-11(13)7-5-10/h4-7H,3,8-9H2,1-2H3.